The van der Waals surface area contributed by atoms with Crippen LogP contribution in [0.1, 0.15) is 23.2 Å². The van der Waals surface area contributed by atoms with Crippen LogP contribution in [-0.2, 0) is 28.7 Å². The number of piperazine rings is 1. The number of carbonyl (C=O) groups excluding carboxylic acids is 2. The van der Waals surface area contributed by atoms with E-state index in [-0.39, 0.29) is 30.3 Å². The number of benzene rings is 1. The van der Waals surface area contributed by atoms with E-state index in [1.165, 1.54) is 17.0 Å². The SMILES string of the molecule is CN(CCc1ccccn1)C(=O)CC1C(=O)NCCN1Cc1ccccc1C(F)(F)F. The van der Waals surface area contributed by atoms with E-state index in [0.717, 1.165) is 11.8 Å². The average molecular weight is 434 g/mol. The van der Waals surface area contributed by atoms with Crippen LogP contribution in [0.2, 0.25) is 0 Å². The minimum absolute atomic E-state index is 0.0568. The molecule has 0 radical (unpaired) electrons. The summed E-state index contributed by atoms with van der Waals surface area (Å²) in [5, 5.41) is 2.71. The second kappa shape index (κ2) is 9.91. The van der Waals surface area contributed by atoms with E-state index in [1.54, 1.807) is 24.2 Å². The summed E-state index contributed by atoms with van der Waals surface area (Å²) in [4.78, 5) is 32.6. The van der Waals surface area contributed by atoms with E-state index in [2.05, 4.69) is 10.3 Å². The molecule has 6 nitrogen and oxygen atoms in total. The Morgan fingerprint density at radius 3 is 2.68 bits per heavy atom. The van der Waals surface area contributed by atoms with E-state index in [1.807, 2.05) is 18.2 Å². The van der Waals surface area contributed by atoms with Crippen LogP contribution in [-0.4, -0.2) is 59.3 Å². The fraction of sp³-hybridized carbons (Fsp3) is 0.409. The monoisotopic (exact) mass is 434 g/mol. The molecule has 1 aromatic carbocycles. The maximum atomic E-state index is 13.4. The van der Waals surface area contributed by atoms with Gasteiger partial charge in [0.15, 0.2) is 0 Å². The van der Waals surface area contributed by atoms with Crippen molar-refractivity contribution < 1.29 is 22.8 Å². The van der Waals surface area contributed by atoms with Crippen LogP contribution in [0.5, 0.6) is 0 Å². The lowest BCUT2D eigenvalue weighted by Gasteiger charge is -2.36. The third-order valence-corrected chi connectivity index (χ3v) is 5.36. The van der Waals surface area contributed by atoms with Gasteiger partial charge in [-0.3, -0.25) is 19.5 Å². The Kier molecular flexibility index (Phi) is 7.27. The molecule has 0 bridgehead atoms. The molecule has 2 heterocycles. The van der Waals surface area contributed by atoms with Crippen molar-refractivity contribution in [1.29, 1.82) is 0 Å². The normalized spacial score (nSPS) is 17.3. The van der Waals surface area contributed by atoms with Crippen molar-refractivity contribution in [2.75, 3.05) is 26.7 Å². The topological polar surface area (TPSA) is 65.5 Å². The van der Waals surface area contributed by atoms with Crippen molar-refractivity contribution in [2.45, 2.75) is 31.6 Å². The number of alkyl halides is 3. The molecule has 2 aromatic rings. The van der Waals surface area contributed by atoms with Gasteiger partial charge in [-0.1, -0.05) is 24.3 Å². The molecule has 0 saturated carbocycles. The van der Waals surface area contributed by atoms with Crippen molar-refractivity contribution in [3.63, 3.8) is 0 Å². The molecule has 166 valence electrons. The second-order valence-electron chi connectivity index (χ2n) is 7.52. The summed E-state index contributed by atoms with van der Waals surface area (Å²) in [5.41, 5.74) is 0.215. The third-order valence-electron chi connectivity index (χ3n) is 5.36. The van der Waals surface area contributed by atoms with Gasteiger partial charge >= 0.3 is 6.18 Å². The summed E-state index contributed by atoms with van der Waals surface area (Å²) in [6.45, 7) is 1.07. The molecule has 31 heavy (non-hydrogen) atoms. The molecule has 1 atom stereocenters. The Bertz CT molecular complexity index is 905. The van der Waals surface area contributed by atoms with E-state index in [9.17, 15) is 22.8 Å². The van der Waals surface area contributed by atoms with Gasteiger partial charge in [0.25, 0.3) is 0 Å². The van der Waals surface area contributed by atoms with Gasteiger partial charge in [0, 0.05) is 51.5 Å². The highest BCUT2D eigenvalue weighted by Gasteiger charge is 2.36. The Morgan fingerprint density at radius 2 is 1.97 bits per heavy atom. The van der Waals surface area contributed by atoms with E-state index in [0.29, 0.717) is 26.1 Å². The highest BCUT2D eigenvalue weighted by atomic mass is 19.4. The number of halogens is 3. The number of carbonyl (C=O) groups is 2. The standard InChI is InChI=1S/C22H25F3N4O2/c1-28(12-9-17-7-4-5-10-26-17)20(30)14-19-21(31)27-11-13-29(19)15-16-6-2-3-8-18(16)22(23,24)25/h2-8,10,19H,9,11-15H2,1H3,(H,27,31). The zero-order chi connectivity index (χ0) is 22.4. The lowest BCUT2D eigenvalue weighted by Crippen LogP contribution is -2.56. The largest absolute Gasteiger partial charge is 0.416 e. The smallest absolute Gasteiger partial charge is 0.353 e. The molecule has 1 fully saturated rings. The van der Waals surface area contributed by atoms with Gasteiger partial charge in [-0.05, 0) is 23.8 Å². The molecule has 1 unspecified atom stereocenters. The number of aromatic nitrogens is 1. The van der Waals surface area contributed by atoms with Gasteiger partial charge in [-0.2, -0.15) is 13.2 Å². The lowest BCUT2D eigenvalue weighted by molar-refractivity contribution is -0.140. The van der Waals surface area contributed by atoms with Crippen molar-refractivity contribution in [3.8, 4) is 0 Å². The molecule has 1 aromatic heterocycles. The number of likely N-dealkylation sites (N-methyl/N-ethyl adjacent to an activating group) is 1. The van der Waals surface area contributed by atoms with Gasteiger partial charge in [0.2, 0.25) is 11.8 Å². The Labute approximate surface area is 179 Å². The summed E-state index contributed by atoms with van der Waals surface area (Å²) in [6, 6.07) is 10.1. The first kappa shape index (κ1) is 22.7. The number of hydrogen-bond acceptors (Lipinski definition) is 4. The second-order valence-corrected chi connectivity index (χ2v) is 7.52. The summed E-state index contributed by atoms with van der Waals surface area (Å²) in [7, 11) is 1.65. The number of hydrogen-bond donors (Lipinski definition) is 1. The molecular formula is C22H25F3N4O2. The van der Waals surface area contributed by atoms with Crippen LogP contribution < -0.4 is 5.32 Å². The molecular weight excluding hydrogens is 409 g/mol. The molecule has 3 rings (SSSR count). The molecule has 2 amide bonds. The zero-order valence-corrected chi connectivity index (χ0v) is 17.2. The average Bonchev–Trinajstić information content (AvgIpc) is 2.74. The molecule has 1 N–H and O–H groups in total. The number of nitrogens with zero attached hydrogens (tertiary/aromatic N) is 3. The van der Waals surface area contributed by atoms with Gasteiger partial charge in [0.1, 0.15) is 0 Å². The first-order valence-corrected chi connectivity index (χ1v) is 10.1. The number of pyridine rings is 1. The van der Waals surface area contributed by atoms with Crippen molar-refractivity contribution >= 4 is 11.8 Å². The van der Waals surface area contributed by atoms with Crippen LogP contribution in [0.15, 0.2) is 48.7 Å². The molecule has 1 saturated heterocycles. The van der Waals surface area contributed by atoms with Crippen LogP contribution in [0, 0.1) is 0 Å². The Hall–Kier alpha value is -2.94. The van der Waals surface area contributed by atoms with Crippen LogP contribution in [0.4, 0.5) is 13.2 Å². The highest BCUT2D eigenvalue weighted by Crippen LogP contribution is 2.32. The van der Waals surface area contributed by atoms with Crippen molar-refractivity contribution in [3.05, 3.63) is 65.5 Å². The van der Waals surface area contributed by atoms with Gasteiger partial charge < -0.3 is 10.2 Å². The summed E-state index contributed by atoms with van der Waals surface area (Å²) < 4.78 is 40.1. The van der Waals surface area contributed by atoms with Crippen molar-refractivity contribution in [2.24, 2.45) is 0 Å². The number of amides is 2. The van der Waals surface area contributed by atoms with Crippen LogP contribution in [0.3, 0.4) is 0 Å². The van der Waals surface area contributed by atoms with Crippen LogP contribution in [0.25, 0.3) is 0 Å². The molecule has 0 spiro atoms. The summed E-state index contributed by atoms with van der Waals surface area (Å²) >= 11 is 0. The quantitative estimate of drug-likeness (QED) is 0.727. The number of rotatable bonds is 7. The maximum absolute atomic E-state index is 13.4. The van der Waals surface area contributed by atoms with E-state index in [4.69, 9.17) is 0 Å². The minimum atomic E-state index is -4.48. The fourth-order valence-corrected chi connectivity index (χ4v) is 3.60. The fourth-order valence-electron chi connectivity index (χ4n) is 3.60. The molecule has 1 aliphatic rings. The summed E-state index contributed by atoms with van der Waals surface area (Å²) in [6.07, 6.45) is -2.33. The highest BCUT2D eigenvalue weighted by molar-refractivity contribution is 5.88. The first-order valence-electron chi connectivity index (χ1n) is 10.1. The predicted molar refractivity (Wildman–Crippen MR) is 109 cm³/mol. The first-order chi connectivity index (χ1) is 14.8. The van der Waals surface area contributed by atoms with Crippen molar-refractivity contribution in [1.82, 2.24) is 20.1 Å². The van der Waals surface area contributed by atoms with E-state index >= 15 is 0 Å². The van der Waals surface area contributed by atoms with Gasteiger partial charge in [0.05, 0.1) is 18.0 Å². The number of nitrogens with one attached hydrogen (secondary N) is 1. The Morgan fingerprint density at radius 1 is 1.23 bits per heavy atom. The van der Waals surface area contributed by atoms with Gasteiger partial charge in [-0.15, -0.1) is 0 Å². The summed E-state index contributed by atoms with van der Waals surface area (Å²) in [5.74, 6) is -0.589. The zero-order valence-electron chi connectivity index (χ0n) is 17.2. The maximum Gasteiger partial charge on any atom is 0.416 e. The molecule has 9 heteroatoms. The molecule has 1 aliphatic heterocycles. The van der Waals surface area contributed by atoms with E-state index < -0.39 is 17.8 Å². The van der Waals surface area contributed by atoms with Crippen LogP contribution >= 0.6 is 0 Å². The van der Waals surface area contributed by atoms with Gasteiger partial charge in [-0.25, -0.2) is 0 Å². The molecule has 0 aliphatic carbocycles. The predicted octanol–water partition coefficient (Wildman–Crippen LogP) is 2.49. The Balaban J connectivity index is 1.67. The lowest BCUT2D eigenvalue weighted by atomic mass is 10.0. The third kappa shape index (κ3) is 6.04. The minimum Gasteiger partial charge on any atom is -0.353 e.